The van der Waals surface area contributed by atoms with E-state index in [-0.39, 0.29) is 5.75 Å². The van der Waals surface area contributed by atoms with Gasteiger partial charge in [0.05, 0.1) is 4.91 Å². The molecule has 8 nitrogen and oxygen atoms in total. The van der Waals surface area contributed by atoms with Crippen LogP contribution in [0.15, 0.2) is 28.1 Å². The summed E-state index contributed by atoms with van der Waals surface area (Å²) in [5.74, 6) is -0.687. The largest absolute Gasteiger partial charge is 0.415 e. The molecule has 0 aromatic heterocycles. The van der Waals surface area contributed by atoms with Crippen molar-refractivity contribution in [2.24, 2.45) is 4.99 Å². The number of rotatable bonds is 7. The van der Waals surface area contributed by atoms with Gasteiger partial charge in [-0.25, -0.2) is 14.6 Å². The van der Waals surface area contributed by atoms with E-state index in [0.29, 0.717) is 22.2 Å². The third kappa shape index (κ3) is 6.30. The van der Waals surface area contributed by atoms with E-state index in [1.807, 2.05) is 5.01 Å². The van der Waals surface area contributed by atoms with E-state index in [1.54, 1.807) is 7.05 Å². The second-order valence-electron chi connectivity index (χ2n) is 7.58. The average molecular weight is 464 g/mol. The molecule has 1 N–H and O–H groups in total. The minimum absolute atomic E-state index is 0.191. The van der Waals surface area contributed by atoms with Crippen LogP contribution in [0.25, 0.3) is 6.08 Å². The van der Waals surface area contributed by atoms with E-state index in [1.165, 1.54) is 40.9 Å². The van der Waals surface area contributed by atoms with Crippen molar-refractivity contribution in [3.8, 4) is 5.75 Å². The van der Waals surface area contributed by atoms with Crippen molar-refractivity contribution in [1.82, 2.24) is 20.2 Å². The van der Waals surface area contributed by atoms with Crippen LogP contribution in [0, 0.1) is 5.82 Å². The van der Waals surface area contributed by atoms with Crippen LogP contribution in [0.1, 0.15) is 32.3 Å². The smallest absolute Gasteiger partial charge is 0.410 e. The lowest BCUT2D eigenvalue weighted by molar-refractivity contribution is -0.113. The van der Waals surface area contributed by atoms with Crippen LogP contribution >= 0.6 is 11.8 Å². The second-order valence-corrected chi connectivity index (χ2v) is 8.58. The lowest BCUT2D eigenvalue weighted by atomic mass is 10.2. The third-order valence-corrected chi connectivity index (χ3v) is 6.37. The first-order chi connectivity index (χ1) is 15.4. The van der Waals surface area contributed by atoms with E-state index in [9.17, 15) is 14.0 Å². The number of benzene rings is 1. The number of aliphatic imine (C=N–C) groups is 1. The molecule has 174 valence electrons. The highest BCUT2D eigenvalue weighted by Gasteiger charge is 2.27. The highest BCUT2D eigenvalue weighted by Crippen LogP contribution is 2.33. The molecule has 0 radical (unpaired) electrons. The second kappa shape index (κ2) is 11.4. The quantitative estimate of drug-likeness (QED) is 0.623. The zero-order valence-electron chi connectivity index (χ0n) is 18.8. The SMILES string of the molecule is CCN(CC)CCN(C)C(=O)Oc1ccc(F)cc1/C=C1\SC(N2CCCCN2)=NC1=O. The number of amidine groups is 1. The molecule has 1 saturated heterocycles. The van der Waals surface area contributed by atoms with Gasteiger partial charge in [-0.2, -0.15) is 4.99 Å². The van der Waals surface area contributed by atoms with E-state index in [2.05, 4.69) is 29.2 Å². The molecule has 32 heavy (non-hydrogen) atoms. The van der Waals surface area contributed by atoms with E-state index in [4.69, 9.17) is 4.74 Å². The number of thioether (sulfide) groups is 1. The highest BCUT2D eigenvalue weighted by atomic mass is 32.2. The van der Waals surface area contributed by atoms with Crippen LogP contribution in [0.2, 0.25) is 0 Å². The third-order valence-electron chi connectivity index (χ3n) is 5.36. The van der Waals surface area contributed by atoms with Gasteiger partial charge in [-0.05, 0) is 62.0 Å². The van der Waals surface area contributed by atoms with Crippen molar-refractivity contribution in [1.29, 1.82) is 0 Å². The Balaban J connectivity index is 1.70. The molecule has 0 unspecified atom stereocenters. The molecule has 1 aromatic rings. The van der Waals surface area contributed by atoms with Gasteiger partial charge >= 0.3 is 6.09 Å². The molecule has 0 aliphatic carbocycles. The summed E-state index contributed by atoms with van der Waals surface area (Å²) in [5.41, 5.74) is 3.53. The Kier molecular flexibility index (Phi) is 8.66. The van der Waals surface area contributed by atoms with E-state index >= 15 is 0 Å². The number of amides is 2. The summed E-state index contributed by atoms with van der Waals surface area (Å²) < 4.78 is 19.5. The number of halogens is 1. The molecule has 2 amide bonds. The standard InChI is InChI=1S/C22H30FN5O3S/c1-4-27(5-2)13-12-26(3)22(30)31-18-9-8-17(23)14-16(18)15-19-20(29)25-21(32-19)28-11-7-6-10-24-28/h8-9,14-15,24H,4-7,10-13H2,1-3H3/b19-15-. The average Bonchev–Trinajstić information content (AvgIpc) is 3.16. The van der Waals surface area contributed by atoms with Gasteiger partial charge in [0.2, 0.25) is 0 Å². The Hall–Kier alpha value is -2.43. The summed E-state index contributed by atoms with van der Waals surface area (Å²) in [4.78, 5) is 33.1. The molecule has 2 aliphatic rings. The maximum Gasteiger partial charge on any atom is 0.415 e. The molecule has 0 atom stereocenters. The fourth-order valence-electron chi connectivity index (χ4n) is 3.33. The molecule has 10 heteroatoms. The van der Waals surface area contributed by atoms with Crippen LogP contribution in [-0.4, -0.2) is 78.3 Å². The van der Waals surface area contributed by atoms with Crippen molar-refractivity contribution in [2.75, 3.05) is 46.3 Å². The molecule has 2 heterocycles. The number of nitrogens with one attached hydrogen (secondary N) is 1. The maximum atomic E-state index is 13.9. The van der Waals surface area contributed by atoms with Gasteiger partial charge in [-0.1, -0.05) is 13.8 Å². The number of hydrazine groups is 1. The van der Waals surface area contributed by atoms with Crippen LogP contribution in [-0.2, 0) is 4.79 Å². The predicted octanol–water partition coefficient (Wildman–Crippen LogP) is 3.17. The van der Waals surface area contributed by atoms with Crippen LogP contribution < -0.4 is 10.2 Å². The van der Waals surface area contributed by atoms with Gasteiger partial charge in [0.15, 0.2) is 5.17 Å². The van der Waals surface area contributed by atoms with Crippen LogP contribution in [0.5, 0.6) is 5.75 Å². The predicted molar refractivity (Wildman–Crippen MR) is 125 cm³/mol. The molecular formula is C22H30FN5O3S. The summed E-state index contributed by atoms with van der Waals surface area (Å²) in [7, 11) is 1.66. The maximum absolute atomic E-state index is 13.9. The van der Waals surface area contributed by atoms with Crippen LogP contribution in [0.3, 0.4) is 0 Å². The fraction of sp³-hybridized carbons (Fsp3) is 0.500. The molecule has 0 bridgehead atoms. The van der Waals surface area contributed by atoms with E-state index in [0.717, 1.165) is 45.6 Å². The fourth-order valence-corrected chi connectivity index (χ4v) is 4.24. The summed E-state index contributed by atoms with van der Waals surface area (Å²) in [6.07, 6.45) is 3.08. The molecule has 0 spiro atoms. The summed E-state index contributed by atoms with van der Waals surface area (Å²) >= 11 is 1.22. The zero-order chi connectivity index (χ0) is 23.1. The molecule has 1 aromatic carbocycles. The first-order valence-corrected chi connectivity index (χ1v) is 11.7. The van der Waals surface area contributed by atoms with Crippen molar-refractivity contribution in [2.45, 2.75) is 26.7 Å². The molecule has 0 saturated carbocycles. The zero-order valence-corrected chi connectivity index (χ0v) is 19.6. The molecule has 2 aliphatic heterocycles. The first-order valence-electron chi connectivity index (χ1n) is 10.9. The van der Waals surface area contributed by atoms with Gasteiger partial charge in [0.25, 0.3) is 5.91 Å². The van der Waals surface area contributed by atoms with Crippen molar-refractivity contribution in [3.05, 3.63) is 34.5 Å². The number of likely N-dealkylation sites (N-methyl/N-ethyl adjacent to an activating group) is 2. The number of hydrogen-bond acceptors (Lipinski definition) is 7. The Morgan fingerprint density at radius 1 is 1.31 bits per heavy atom. The summed E-state index contributed by atoms with van der Waals surface area (Å²) in [6, 6.07) is 3.87. The minimum Gasteiger partial charge on any atom is -0.410 e. The monoisotopic (exact) mass is 463 g/mol. The highest BCUT2D eigenvalue weighted by molar-refractivity contribution is 8.18. The first kappa shape index (κ1) is 24.2. The number of hydrogen-bond donors (Lipinski definition) is 1. The Morgan fingerprint density at radius 2 is 2.09 bits per heavy atom. The Morgan fingerprint density at radius 3 is 2.78 bits per heavy atom. The Labute approximate surface area is 192 Å². The van der Waals surface area contributed by atoms with Gasteiger partial charge < -0.3 is 14.5 Å². The van der Waals surface area contributed by atoms with Gasteiger partial charge in [-0.3, -0.25) is 9.80 Å². The molecule has 1 fully saturated rings. The number of ether oxygens (including phenoxy) is 1. The van der Waals surface area contributed by atoms with Gasteiger partial charge in [-0.15, -0.1) is 0 Å². The summed E-state index contributed by atoms with van der Waals surface area (Å²) in [5, 5.41) is 2.44. The lowest BCUT2D eigenvalue weighted by Gasteiger charge is -2.28. The van der Waals surface area contributed by atoms with Crippen molar-refractivity contribution in [3.63, 3.8) is 0 Å². The van der Waals surface area contributed by atoms with Crippen molar-refractivity contribution < 1.29 is 18.7 Å². The van der Waals surface area contributed by atoms with Gasteiger partial charge in [0.1, 0.15) is 11.6 Å². The normalized spacial score (nSPS) is 17.8. The lowest BCUT2D eigenvalue weighted by Crippen LogP contribution is -2.45. The molecular weight excluding hydrogens is 433 g/mol. The van der Waals surface area contributed by atoms with E-state index < -0.39 is 17.8 Å². The number of nitrogens with zero attached hydrogens (tertiary/aromatic N) is 4. The molecule has 3 rings (SSSR count). The Bertz CT molecular complexity index is 898. The number of carbonyl (C=O) groups excluding carboxylic acids is 2. The topological polar surface area (TPSA) is 77.5 Å². The van der Waals surface area contributed by atoms with Crippen molar-refractivity contribution >= 4 is 35.0 Å². The van der Waals surface area contributed by atoms with Gasteiger partial charge in [0, 0.05) is 38.8 Å². The van der Waals surface area contributed by atoms with Crippen LogP contribution in [0.4, 0.5) is 9.18 Å². The number of carbonyl (C=O) groups is 2. The minimum atomic E-state index is -0.539. The summed E-state index contributed by atoms with van der Waals surface area (Å²) in [6.45, 7) is 8.78.